The van der Waals surface area contributed by atoms with Gasteiger partial charge >= 0.3 is 0 Å². The Labute approximate surface area is 50.9 Å². The van der Waals surface area contributed by atoms with E-state index in [1.165, 1.54) is 0 Å². The van der Waals surface area contributed by atoms with E-state index in [1.54, 1.807) is 0 Å². The molecule has 5 N–H and O–H groups in total. The number of hydrazine groups is 1. The van der Waals surface area contributed by atoms with Gasteiger partial charge in [0.2, 0.25) is 5.96 Å². The van der Waals surface area contributed by atoms with Gasteiger partial charge in [0.05, 0.1) is 0 Å². The highest BCUT2D eigenvalue weighted by Gasteiger charge is 1.98. The van der Waals surface area contributed by atoms with Crippen LogP contribution in [0.5, 0.6) is 0 Å². The van der Waals surface area contributed by atoms with Gasteiger partial charge in [-0.3, -0.25) is 5.43 Å². The van der Waals surface area contributed by atoms with Crippen molar-refractivity contribution in [2.24, 2.45) is 16.6 Å². The summed E-state index contributed by atoms with van der Waals surface area (Å²) in [5, 5.41) is 0. The molecule has 6 heteroatoms. The average molecular weight is 138 g/mol. The number of hydrogen-bond acceptors (Lipinski definition) is 2. The maximum Gasteiger partial charge on any atom is 0.257 e. The fraction of sp³-hybridized carbons (Fsp3) is 0.667. The summed E-state index contributed by atoms with van der Waals surface area (Å²) in [6, 6.07) is 0. The molecule has 4 nitrogen and oxygen atoms in total. The van der Waals surface area contributed by atoms with Crippen molar-refractivity contribution in [2.75, 3.05) is 6.54 Å². The second kappa shape index (κ2) is 4.02. The maximum absolute atomic E-state index is 11.3. The number of guanidine groups is 1. The topological polar surface area (TPSA) is 76.4 Å². The normalized spacial score (nSPS) is 12.2. The number of alkyl halides is 2. The second-order valence-corrected chi connectivity index (χ2v) is 1.26. The highest BCUT2D eigenvalue weighted by atomic mass is 19.3. The molecule has 54 valence electrons. The molecule has 0 atom stereocenters. The minimum absolute atomic E-state index is 0.185. The molecular weight excluding hydrogens is 130 g/mol. The van der Waals surface area contributed by atoms with Gasteiger partial charge in [-0.05, 0) is 0 Å². The summed E-state index contributed by atoms with van der Waals surface area (Å²) in [6.07, 6.45) is -2.48. The summed E-state index contributed by atoms with van der Waals surface area (Å²) in [5.41, 5.74) is 6.82. The van der Waals surface area contributed by atoms with Crippen molar-refractivity contribution in [1.82, 2.24) is 5.43 Å². The number of hydrogen-bond donors (Lipinski definition) is 3. The van der Waals surface area contributed by atoms with Gasteiger partial charge in [0.15, 0.2) is 0 Å². The molecule has 0 spiro atoms. The summed E-state index contributed by atoms with van der Waals surface area (Å²) in [4.78, 5) is 3.15. The van der Waals surface area contributed by atoms with Gasteiger partial charge in [-0.2, -0.15) is 0 Å². The lowest BCUT2D eigenvalue weighted by Gasteiger charge is -1.96. The predicted octanol–water partition coefficient (Wildman–Crippen LogP) is -0.971. The zero-order valence-corrected chi connectivity index (χ0v) is 4.64. The smallest absolute Gasteiger partial charge is 0.257 e. The Balaban J connectivity index is 3.43. The van der Waals surface area contributed by atoms with Crippen molar-refractivity contribution in [2.45, 2.75) is 6.43 Å². The number of halogens is 2. The third kappa shape index (κ3) is 4.95. The van der Waals surface area contributed by atoms with E-state index in [2.05, 4.69) is 4.99 Å². The van der Waals surface area contributed by atoms with Crippen molar-refractivity contribution >= 4 is 5.96 Å². The molecule has 0 saturated carbocycles. The molecule has 0 amide bonds. The van der Waals surface area contributed by atoms with Gasteiger partial charge in [0.25, 0.3) is 6.43 Å². The van der Waals surface area contributed by atoms with Crippen molar-refractivity contribution in [3.05, 3.63) is 0 Å². The molecule has 0 aromatic heterocycles. The Morgan fingerprint density at radius 3 is 2.56 bits per heavy atom. The lowest BCUT2D eigenvalue weighted by atomic mass is 10.7. The zero-order chi connectivity index (χ0) is 7.28. The van der Waals surface area contributed by atoms with Gasteiger partial charge in [-0.25, -0.2) is 19.6 Å². The summed E-state index contributed by atoms with van der Waals surface area (Å²) in [7, 11) is 0. The molecule has 0 fully saturated rings. The van der Waals surface area contributed by atoms with Gasteiger partial charge in [-0.1, -0.05) is 0 Å². The van der Waals surface area contributed by atoms with E-state index in [9.17, 15) is 8.78 Å². The van der Waals surface area contributed by atoms with Gasteiger partial charge < -0.3 is 5.73 Å². The summed E-state index contributed by atoms with van der Waals surface area (Å²) in [6.45, 7) is -0.615. The standard InChI is InChI=1S/C3H8F2N4/c4-2(5)1-8-3(6)9-7/h2H,1,7H2,(H3,6,8,9). The van der Waals surface area contributed by atoms with Crippen LogP contribution in [0, 0.1) is 0 Å². The molecule has 9 heavy (non-hydrogen) atoms. The van der Waals surface area contributed by atoms with Crippen LogP contribution in [0.1, 0.15) is 0 Å². The monoisotopic (exact) mass is 138 g/mol. The molecule has 0 aromatic carbocycles. The number of nitrogens with zero attached hydrogens (tertiary/aromatic N) is 1. The molecule has 0 aliphatic carbocycles. The Hall–Kier alpha value is -0.910. The van der Waals surface area contributed by atoms with E-state index < -0.39 is 13.0 Å². The van der Waals surface area contributed by atoms with Gasteiger partial charge in [-0.15, -0.1) is 0 Å². The molecule has 0 heterocycles. The molecular formula is C3H8F2N4. The van der Waals surface area contributed by atoms with Gasteiger partial charge in [0.1, 0.15) is 6.54 Å². The van der Waals surface area contributed by atoms with Crippen LogP contribution in [0.2, 0.25) is 0 Å². The van der Waals surface area contributed by atoms with Crippen molar-refractivity contribution in [3.63, 3.8) is 0 Å². The SMILES string of the molecule is NNC(N)=NCC(F)F. The minimum Gasteiger partial charge on any atom is -0.369 e. The molecule has 0 saturated heterocycles. The van der Waals surface area contributed by atoms with Crippen LogP contribution in [0.4, 0.5) is 8.78 Å². The zero-order valence-electron chi connectivity index (χ0n) is 4.64. The number of nitrogens with one attached hydrogen (secondary N) is 1. The van der Waals surface area contributed by atoms with E-state index in [0.29, 0.717) is 0 Å². The highest BCUT2D eigenvalue weighted by Crippen LogP contribution is 1.90. The lowest BCUT2D eigenvalue weighted by Crippen LogP contribution is -2.37. The molecule has 0 aromatic rings. The molecule has 0 unspecified atom stereocenters. The van der Waals surface area contributed by atoms with E-state index in [4.69, 9.17) is 11.6 Å². The van der Waals surface area contributed by atoms with E-state index in [-0.39, 0.29) is 5.96 Å². The number of aliphatic imine (C=N–C) groups is 1. The third-order valence-electron chi connectivity index (χ3n) is 0.548. The van der Waals surface area contributed by atoms with Crippen LogP contribution >= 0.6 is 0 Å². The largest absolute Gasteiger partial charge is 0.369 e. The van der Waals surface area contributed by atoms with E-state index in [1.807, 2.05) is 5.43 Å². The van der Waals surface area contributed by atoms with Crippen LogP contribution in [0.15, 0.2) is 4.99 Å². The fourth-order valence-electron chi connectivity index (χ4n) is 0.213. The first-order valence-electron chi connectivity index (χ1n) is 2.21. The maximum atomic E-state index is 11.3. The second-order valence-electron chi connectivity index (χ2n) is 1.26. The van der Waals surface area contributed by atoms with Crippen molar-refractivity contribution < 1.29 is 8.78 Å². The van der Waals surface area contributed by atoms with Crippen LogP contribution in [0.25, 0.3) is 0 Å². The molecule has 0 rings (SSSR count). The van der Waals surface area contributed by atoms with Crippen LogP contribution < -0.4 is 17.0 Å². The molecule has 0 aliphatic heterocycles. The van der Waals surface area contributed by atoms with Gasteiger partial charge in [0, 0.05) is 0 Å². The minimum atomic E-state index is -2.48. The molecule has 0 bridgehead atoms. The Kier molecular flexibility index (Phi) is 3.61. The highest BCUT2D eigenvalue weighted by molar-refractivity contribution is 5.77. The average Bonchev–Trinajstić information content (AvgIpc) is 1.83. The lowest BCUT2D eigenvalue weighted by molar-refractivity contribution is 0.158. The molecule has 0 aliphatic rings. The summed E-state index contributed by atoms with van der Waals surface area (Å²) < 4.78 is 22.6. The summed E-state index contributed by atoms with van der Waals surface area (Å²) >= 11 is 0. The molecule has 0 radical (unpaired) electrons. The van der Waals surface area contributed by atoms with Crippen LogP contribution in [0.3, 0.4) is 0 Å². The third-order valence-corrected chi connectivity index (χ3v) is 0.548. The first-order chi connectivity index (χ1) is 4.16. The van der Waals surface area contributed by atoms with Crippen molar-refractivity contribution in [3.8, 4) is 0 Å². The Morgan fingerprint density at radius 2 is 2.22 bits per heavy atom. The quantitative estimate of drug-likeness (QED) is 0.199. The number of nitrogens with two attached hydrogens (primary N) is 2. The van der Waals surface area contributed by atoms with E-state index >= 15 is 0 Å². The number of rotatable bonds is 2. The summed E-state index contributed by atoms with van der Waals surface area (Å²) in [5.74, 6) is 4.52. The van der Waals surface area contributed by atoms with Crippen LogP contribution in [-0.4, -0.2) is 18.9 Å². The van der Waals surface area contributed by atoms with E-state index in [0.717, 1.165) is 0 Å². The van der Waals surface area contributed by atoms with Crippen molar-refractivity contribution in [1.29, 1.82) is 0 Å². The Morgan fingerprint density at radius 1 is 1.67 bits per heavy atom. The van der Waals surface area contributed by atoms with Crippen LogP contribution in [-0.2, 0) is 0 Å². The predicted molar refractivity (Wildman–Crippen MR) is 29.8 cm³/mol. The Bertz CT molecular complexity index is 102. The first kappa shape index (κ1) is 8.09. The fourth-order valence-corrected chi connectivity index (χ4v) is 0.213. The first-order valence-corrected chi connectivity index (χ1v) is 2.21.